The van der Waals surface area contributed by atoms with Crippen LogP contribution in [0, 0.1) is 10.5 Å². The van der Waals surface area contributed by atoms with E-state index < -0.39 is 11.5 Å². The van der Waals surface area contributed by atoms with Gasteiger partial charge in [0.25, 0.3) is 5.56 Å². The summed E-state index contributed by atoms with van der Waals surface area (Å²) in [6.45, 7) is 3.60. The zero-order valence-corrected chi connectivity index (χ0v) is 12.6. The van der Waals surface area contributed by atoms with Gasteiger partial charge in [0.2, 0.25) is 0 Å². The molecule has 1 aromatic heterocycles. The third kappa shape index (κ3) is 2.44. The van der Waals surface area contributed by atoms with Crippen LogP contribution in [0.1, 0.15) is 22.8 Å². The number of benzene rings is 1. The third-order valence-electron chi connectivity index (χ3n) is 2.74. The van der Waals surface area contributed by atoms with Gasteiger partial charge in [0.1, 0.15) is 5.75 Å². The normalized spacial score (nSPS) is 10.7. The monoisotopic (exact) mass is 373 g/mol. The van der Waals surface area contributed by atoms with E-state index in [1.165, 1.54) is 0 Å². The molecule has 2 N–H and O–H groups in total. The number of nitrogens with one attached hydrogen (secondary N) is 1. The summed E-state index contributed by atoms with van der Waals surface area (Å²) in [5.41, 5.74) is 0.351. The van der Waals surface area contributed by atoms with E-state index in [1.807, 2.05) is 13.0 Å². The van der Waals surface area contributed by atoms with Crippen LogP contribution in [0.4, 0.5) is 0 Å². The smallest absolute Gasteiger partial charge is 0.347 e. The Morgan fingerprint density at radius 2 is 2.16 bits per heavy atom. The average Bonchev–Trinajstić information content (AvgIpc) is 2.31. The van der Waals surface area contributed by atoms with Gasteiger partial charge in [-0.15, -0.1) is 0 Å². The highest BCUT2D eigenvalue weighted by Crippen LogP contribution is 2.29. The van der Waals surface area contributed by atoms with Gasteiger partial charge in [0.15, 0.2) is 5.56 Å². The van der Waals surface area contributed by atoms with Gasteiger partial charge in [-0.2, -0.15) is 0 Å². The van der Waals surface area contributed by atoms with E-state index in [4.69, 9.17) is 4.74 Å². The number of pyridine rings is 1. The number of rotatable bonds is 2. The van der Waals surface area contributed by atoms with Gasteiger partial charge < -0.3 is 14.8 Å². The zero-order chi connectivity index (χ0) is 14.2. The van der Waals surface area contributed by atoms with E-state index in [0.717, 1.165) is 9.13 Å². The highest BCUT2D eigenvalue weighted by molar-refractivity contribution is 14.1. The van der Waals surface area contributed by atoms with E-state index >= 15 is 0 Å². The first-order chi connectivity index (χ1) is 8.95. The van der Waals surface area contributed by atoms with Crippen LogP contribution in [-0.2, 0) is 4.74 Å². The lowest BCUT2D eigenvalue weighted by Crippen LogP contribution is -2.20. The fourth-order valence-corrected chi connectivity index (χ4v) is 2.69. The molecule has 0 fully saturated rings. The first kappa shape index (κ1) is 13.9. The fourth-order valence-electron chi connectivity index (χ4n) is 1.91. The predicted molar refractivity (Wildman–Crippen MR) is 79.6 cm³/mol. The van der Waals surface area contributed by atoms with Gasteiger partial charge in [0, 0.05) is 8.96 Å². The highest BCUT2D eigenvalue weighted by atomic mass is 127. The molecule has 2 aromatic rings. The minimum Gasteiger partial charge on any atom is -0.506 e. The van der Waals surface area contributed by atoms with Crippen molar-refractivity contribution in [3.8, 4) is 5.75 Å². The number of halogens is 1. The molecule has 0 aliphatic heterocycles. The van der Waals surface area contributed by atoms with Crippen molar-refractivity contribution in [2.45, 2.75) is 13.8 Å². The Morgan fingerprint density at radius 1 is 1.47 bits per heavy atom. The van der Waals surface area contributed by atoms with E-state index in [0.29, 0.717) is 10.9 Å². The summed E-state index contributed by atoms with van der Waals surface area (Å²) in [5, 5.41) is 10.6. The van der Waals surface area contributed by atoms with Crippen LogP contribution >= 0.6 is 22.6 Å². The van der Waals surface area contributed by atoms with Crippen molar-refractivity contribution in [3.63, 3.8) is 0 Å². The second kappa shape index (κ2) is 5.20. The Kier molecular flexibility index (Phi) is 3.79. The Labute approximate surface area is 122 Å². The molecule has 0 unspecified atom stereocenters. The minimum absolute atomic E-state index is 0.140. The number of aromatic nitrogens is 1. The van der Waals surface area contributed by atoms with Crippen LogP contribution in [0.15, 0.2) is 16.9 Å². The first-order valence-electron chi connectivity index (χ1n) is 5.68. The molecule has 19 heavy (non-hydrogen) atoms. The topological polar surface area (TPSA) is 79.4 Å². The molecular weight excluding hydrogens is 361 g/mol. The summed E-state index contributed by atoms with van der Waals surface area (Å²) in [5.74, 6) is -1.15. The number of hydrogen-bond donors (Lipinski definition) is 2. The molecule has 1 heterocycles. The van der Waals surface area contributed by atoms with Crippen LogP contribution in [-0.4, -0.2) is 22.7 Å². The summed E-state index contributed by atoms with van der Waals surface area (Å²) in [7, 11) is 0. The maximum Gasteiger partial charge on any atom is 0.347 e. The lowest BCUT2D eigenvalue weighted by molar-refractivity contribution is 0.0521. The third-order valence-corrected chi connectivity index (χ3v) is 3.36. The van der Waals surface area contributed by atoms with Gasteiger partial charge in [-0.25, -0.2) is 4.79 Å². The number of aromatic amines is 1. The summed E-state index contributed by atoms with van der Waals surface area (Å²) >= 11 is 2.11. The Balaban J connectivity index is 2.82. The molecule has 1 aromatic carbocycles. The maximum atomic E-state index is 11.9. The van der Waals surface area contributed by atoms with Crippen LogP contribution < -0.4 is 5.56 Å². The van der Waals surface area contributed by atoms with Crippen molar-refractivity contribution in [3.05, 3.63) is 37.2 Å². The number of fused-ring (bicyclic) bond motifs is 1. The molecule has 2 rings (SSSR count). The fraction of sp³-hybridized carbons (Fsp3) is 0.231. The first-order valence-corrected chi connectivity index (χ1v) is 6.75. The SMILES string of the molecule is CCOC(=O)c1c(O)c2cc(I)cc(C)c2[nH]c1=O. The predicted octanol–water partition coefficient (Wildman–Crippen LogP) is 2.32. The number of esters is 1. The minimum atomic E-state index is -0.820. The quantitative estimate of drug-likeness (QED) is 0.626. The Hall–Kier alpha value is -1.57. The van der Waals surface area contributed by atoms with Crippen molar-refractivity contribution in [1.82, 2.24) is 4.98 Å². The summed E-state index contributed by atoms with van der Waals surface area (Å²) in [6.07, 6.45) is 0. The van der Waals surface area contributed by atoms with E-state index in [-0.39, 0.29) is 17.9 Å². The second-order valence-electron chi connectivity index (χ2n) is 4.04. The molecular formula is C13H12INO4. The summed E-state index contributed by atoms with van der Waals surface area (Å²) in [6, 6.07) is 3.58. The molecule has 5 nitrogen and oxygen atoms in total. The standard InChI is InChI=1S/C13H12INO4/c1-3-19-13(18)9-11(16)8-5-7(14)4-6(2)10(8)15-12(9)17/h4-5H,3H2,1-2H3,(H2,15,16,17). The van der Waals surface area contributed by atoms with Crippen molar-refractivity contribution in [1.29, 1.82) is 0 Å². The van der Waals surface area contributed by atoms with Gasteiger partial charge in [-0.3, -0.25) is 4.79 Å². The van der Waals surface area contributed by atoms with Crippen LogP contribution in [0.25, 0.3) is 10.9 Å². The highest BCUT2D eigenvalue weighted by Gasteiger charge is 2.21. The van der Waals surface area contributed by atoms with Gasteiger partial charge in [-0.1, -0.05) is 0 Å². The number of aromatic hydroxyl groups is 1. The molecule has 0 aliphatic rings. The average molecular weight is 373 g/mol. The van der Waals surface area contributed by atoms with E-state index in [1.54, 1.807) is 13.0 Å². The molecule has 0 radical (unpaired) electrons. The molecule has 0 bridgehead atoms. The van der Waals surface area contributed by atoms with Crippen LogP contribution in [0.2, 0.25) is 0 Å². The number of aryl methyl sites for hydroxylation is 1. The molecule has 100 valence electrons. The number of hydrogen-bond acceptors (Lipinski definition) is 4. The lowest BCUT2D eigenvalue weighted by atomic mass is 10.1. The number of ether oxygens (including phenoxy) is 1. The molecule has 0 saturated carbocycles. The second-order valence-corrected chi connectivity index (χ2v) is 5.29. The van der Waals surface area contributed by atoms with E-state index in [2.05, 4.69) is 27.6 Å². The number of carbonyl (C=O) groups excluding carboxylic acids is 1. The van der Waals surface area contributed by atoms with Gasteiger partial charge in [-0.05, 0) is 54.1 Å². The van der Waals surface area contributed by atoms with Gasteiger partial charge >= 0.3 is 5.97 Å². The van der Waals surface area contributed by atoms with E-state index in [9.17, 15) is 14.7 Å². The Bertz CT molecular complexity index is 721. The van der Waals surface area contributed by atoms with Crippen molar-refractivity contribution >= 4 is 39.5 Å². The van der Waals surface area contributed by atoms with Crippen molar-refractivity contribution in [2.24, 2.45) is 0 Å². The molecule has 0 amide bonds. The van der Waals surface area contributed by atoms with Gasteiger partial charge in [0.05, 0.1) is 12.1 Å². The molecule has 0 saturated heterocycles. The Morgan fingerprint density at radius 3 is 2.79 bits per heavy atom. The van der Waals surface area contributed by atoms with Crippen molar-refractivity contribution < 1.29 is 14.6 Å². The van der Waals surface area contributed by atoms with Crippen LogP contribution in [0.5, 0.6) is 5.75 Å². The molecule has 0 atom stereocenters. The molecule has 6 heteroatoms. The van der Waals surface area contributed by atoms with Crippen molar-refractivity contribution in [2.75, 3.05) is 6.61 Å². The zero-order valence-electron chi connectivity index (χ0n) is 10.4. The summed E-state index contributed by atoms with van der Waals surface area (Å²) < 4.78 is 5.68. The molecule has 0 aliphatic carbocycles. The largest absolute Gasteiger partial charge is 0.506 e. The number of H-pyrrole nitrogens is 1. The maximum absolute atomic E-state index is 11.9. The molecule has 0 spiro atoms. The number of carbonyl (C=O) groups is 1. The van der Waals surface area contributed by atoms with Crippen LogP contribution in [0.3, 0.4) is 0 Å². The lowest BCUT2D eigenvalue weighted by Gasteiger charge is -2.09. The summed E-state index contributed by atoms with van der Waals surface area (Å²) in [4.78, 5) is 26.2.